The van der Waals surface area contributed by atoms with Crippen LogP contribution in [0.1, 0.15) is 44.6 Å². The van der Waals surface area contributed by atoms with E-state index in [1.165, 1.54) is 0 Å². The van der Waals surface area contributed by atoms with E-state index >= 15 is 0 Å². The van der Waals surface area contributed by atoms with Crippen LogP contribution >= 0.6 is 11.8 Å². The number of hydrogen-bond acceptors (Lipinski definition) is 5. The topological polar surface area (TPSA) is 85.8 Å². The van der Waals surface area contributed by atoms with Gasteiger partial charge in [-0.25, -0.2) is 0 Å². The third-order valence-electron chi connectivity index (χ3n) is 4.54. The molecule has 2 atom stereocenters. The predicted molar refractivity (Wildman–Crippen MR) is 111 cm³/mol. The number of nitrogens with zero attached hydrogens (tertiary/aromatic N) is 3. The highest BCUT2D eigenvalue weighted by atomic mass is 32.2. The summed E-state index contributed by atoms with van der Waals surface area (Å²) in [5.74, 6) is 1.22. The minimum atomic E-state index is -0.301. The van der Waals surface area contributed by atoms with E-state index < -0.39 is 0 Å². The van der Waals surface area contributed by atoms with Crippen molar-refractivity contribution in [1.82, 2.24) is 20.1 Å². The van der Waals surface area contributed by atoms with Crippen LogP contribution in [-0.4, -0.2) is 33.5 Å². The second kappa shape index (κ2) is 10.5. The van der Waals surface area contributed by atoms with Crippen molar-refractivity contribution >= 4 is 17.7 Å². The smallest absolute Gasteiger partial charge is 0.224 e. The first-order valence-electron chi connectivity index (χ1n) is 9.48. The van der Waals surface area contributed by atoms with Gasteiger partial charge in [-0.05, 0) is 24.2 Å². The zero-order valence-corrected chi connectivity index (χ0v) is 17.5. The first-order chi connectivity index (χ1) is 12.9. The number of rotatable bonds is 10. The maximum Gasteiger partial charge on any atom is 0.224 e. The summed E-state index contributed by atoms with van der Waals surface area (Å²) in [5, 5.41) is 12.5. The second-order valence-electron chi connectivity index (χ2n) is 7.23. The van der Waals surface area contributed by atoms with E-state index in [0.29, 0.717) is 12.5 Å². The standard InChI is InChI=1S/C20H31N5OS/c1-14(2)13-25-17(23-24-20(25)27-4)11-8-12-22-19(26)15(3)18(21)16-9-6-5-7-10-16/h5-7,9-10,14-15,18H,8,11-13,21H2,1-4H3,(H,22,26). The van der Waals surface area contributed by atoms with E-state index in [1.807, 2.05) is 43.5 Å². The van der Waals surface area contributed by atoms with Crippen molar-refractivity contribution in [3.8, 4) is 0 Å². The first-order valence-corrected chi connectivity index (χ1v) is 10.7. The average Bonchev–Trinajstić information content (AvgIpc) is 3.05. The highest BCUT2D eigenvalue weighted by Crippen LogP contribution is 2.19. The Labute approximate surface area is 166 Å². The molecule has 2 aromatic rings. The predicted octanol–water partition coefficient (Wildman–Crippen LogP) is 3.04. The van der Waals surface area contributed by atoms with Crippen LogP contribution in [0.3, 0.4) is 0 Å². The van der Waals surface area contributed by atoms with Gasteiger partial charge in [-0.2, -0.15) is 0 Å². The van der Waals surface area contributed by atoms with E-state index in [9.17, 15) is 4.79 Å². The van der Waals surface area contributed by atoms with E-state index in [4.69, 9.17) is 5.73 Å². The number of amides is 1. The largest absolute Gasteiger partial charge is 0.356 e. The number of thioether (sulfide) groups is 1. The first kappa shape index (κ1) is 21.4. The molecule has 1 amide bonds. The van der Waals surface area contributed by atoms with E-state index in [0.717, 1.165) is 35.9 Å². The Morgan fingerprint density at radius 3 is 2.56 bits per heavy atom. The van der Waals surface area contributed by atoms with Crippen molar-refractivity contribution in [3.63, 3.8) is 0 Å². The maximum atomic E-state index is 12.4. The molecule has 1 heterocycles. The molecule has 0 radical (unpaired) electrons. The van der Waals surface area contributed by atoms with Crippen molar-refractivity contribution in [3.05, 3.63) is 41.7 Å². The van der Waals surface area contributed by atoms with Gasteiger partial charge >= 0.3 is 0 Å². The van der Waals surface area contributed by atoms with E-state index in [2.05, 4.69) is 33.9 Å². The van der Waals surface area contributed by atoms with Gasteiger partial charge in [0.1, 0.15) is 5.82 Å². The molecule has 1 aromatic carbocycles. The molecule has 7 heteroatoms. The van der Waals surface area contributed by atoms with Gasteiger partial charge in [-0.15, -0.1) is 10.2 Å². The lowest BCUT2D eigenvalue weighted by molar-refractivity contribution is -0.125. The number of nitrogens with two attached hydrogens (primary N) is 1. The Morgan fingerprint density at radius 1 is 1.22 bits per heavy atom. The number of aromatic nitrogens is 3. The highest BCUT2D eigenvalue weighted by molar-refractivity contribution is 7.98. The van der Waals surface area contributed by atoms with Crippen LogP contribution in [0.15, 0.2) is 35.5 Å². The van der Waals surface area contributed by atoms with Crippen molar-refractivity contribution in [1.29, 1.82) is 0 Å². The minimum absolute atomic E-state index is 0.0141. The minimum Gasteiger partial charge on any atom is -0.356 e. The van der Waals surface area contributed by atoms with E-state index in [1.54, 1.807) is 11.8 Å². The molecule has 3 N–H and O–H groups in total. The molecule has 148 valence electrons. The molecule has 0 saturated heterocycles. The molecular formula is C20H31N5OS. The normalized spacial score (nSPS) is 13.6. The van der Waals surface area contributed by atoms with Crippen LogP contribution < -0.4 is 11.1 Å². The fraction of sp³-hybridized carbons (Fsp3) is 0.550. The van der Waals surface area contributed by atoms with Gasteiger partial charge in [0.2, 0.25) is 5.91 Å². The fourth-order valence-corrected chi connectivity index (χ4v) is 3.47. The summed E-state index contributed by atoms with van der Waals surface area (Å²) in [4.78, 5) is 12.4. The summed E-state index contributed by atoms with van der Waals surface area (Å²) in [6.07, 6.45) is 3.63. The van der Waals surface area contributed by atoms with Gasteiger partial charge in [0.25, 0.3) is 0 Å². The Hall–Kier alpha value is -1.86. The molecule has 0 aliphatic carbocycles. The molecule has 2 rings (SSSR count). The van der Waals surface area contributed by atoms with Gasteiger partial charge in [0.05, 0.1) is 5.92 Å². The zero-order valence-electron chi connectivity index (χ0n) is 16.7. The number of aryl methyl sites for hydroxylation is 1. The Morgan fingerprint density at radius 2 is 1.93 bits per heavy atom. The third-order valence-corrected chi connectivity index (χ3v) is 5.20. The SMILES string of the molecule is CSc1nnc(CCCNC(=O)C(C)C(N)c2ccccc2)n1CC(C)C. The Balaban J connectivity index is 1.83. The Kier molecular flexibility index (Phi) is 8.31. The zero-order chi connectivity index (χ0) is 19.8. The average molecular weight is 390 g/mol. The van der Waals surface area contributed by atoms with Gasteiger partial charge in [0.15, 0.2) is 5.16 Å². The molecular weight excluding hydrogens is 358 g/mol. The lowest BCUT2D eigenvalue weighted by Crippen LogP contribution is -2.36. The van der Waals surface area contributed by atoms with E-state index in [-0.39, 0.29) is 17.9 Å². The molecule has 0 spiro atoms. The third kappa shape index (κ3) is 6.07. The van der Waals surface area contributed by atoms with Crippen LogP contribution in [0, 0.1) is 11.8 Å². The highest BCUT2D eigenvalue weighted by Gasteiger charge is 2.21. The van der Waals surface area contributed by atoms with Crippen molar-refractivity contribution in [2.75, 3.05) is 12.8 Å². The van der Waals surface area contributed by atoms with Crippen molar-refractivity contribution < 1.29 is 4.79 Å². The number of benzene rings is 1. The summed E-state index contributed by atoms with van der Waals surface area (Å²) in [6.45, 7) is 7.76. The summed E-state index contributed by atoms with van der Waals surface area (Å²) in [6, 6.07) is 9.44. The summed E-state index contributed by atoms with van der Waals surface area (Å²) >= 11 is 1.61. The number of hydrogen-bond donors (Lipinski definition) is 2. The summed E-state index contributed by atoms with van der Waals surface area (Å²) in [7, 11) is 0. The molecule has 2 unspecified atom stereocenters. The van der Waals surface area contributed by atoms with Crippen LogP contribution in [-0.2, 0) is 17.8 Å². The van der Waals surface area contributed by atoms with Crippen LogP contribution in [0.2, 0.25) is 0 Å². The monoisotopic (exact) mass is 389 g/mol. The van der Waals surface area contributed by atoms with Crippen LogP contribution in [0.25, 0.3) is 0 Å². The lowest BCUT2D eigenvalue weighted by Gasteiger charge is -2.19. The molecule has 0 fully saturated rings. The fourth-order valence-electron chi connectivity index (χ4n) is 2.95. The molecule has 1 aromatic heterocycles. The van der Waals surface area contributed by atoms with Crippen LogP contribution in [0.4, 0.5) is 0 Å². The van der Waals surface area contributed by atoms with Gasteiger partial charge < -0.3 is 15.6 Å². The quantitative estimate of drug-likeness (QED) is 0.482. The molecule has 6 nitrogen and oxygen atoms in total. The number of carbonyl (C=O) groups is 1. The second-order valence-corrected chi connectivity index (χ2v) is 8.00. The van der Waals surface area contributed by atoms with Gasteiger partial charge in [-0.1, -0.05) is 62.9 Å². The molecule has 0 aliphatic heterocycles. The molecule has 0 saturated carbocycles. The maximum absolute atomic E-state index is 12.4. The molecule has 0 aliphatic rings. The molecule has 27 heavy (non-hydrogen) atoms. The summed E-state index contributed by atoms with van der Waals surface area (Å²) in [5.41, 5.74) is 7.21. The van der Waals surface area contributed by atoms with Gasteiger partial charge in [0, 0.05) is 25.6 Å². The van der Waals surface area contributed by atoms with Crippen molar-refractivity contribution in [2.24, 2.45) is 17.6 Å². The number of carbonyl (C=O) groups excluding carboxylic acids is 1. The Bertz CT molecular complexity index is 716. The lowest BCUT2D eigenvalue weighted by atomic mass is 9.94. The van der Waals surface area contributed by atoms with Crippen molar-refractivity contribution in [2.45, 2.75) is 51.4 Å². The van der Waals surface area contributed by atoms with Gasteiger partial charge in [-0.3, -0.25) is 4.79 Å². The molecule has 0 bridgehead atoms. The summed E-state index contributed by atoms with van der Waals surface area (Å²) < 4.78 is 2.19. The van der Waals surface area contributed by atoms with Crippen LogP contribution in [0.5, 0.6) is 0 Å². The number of nitrogens with one attached hydrogen (secondary N) is 1.